The Labute approximate surface area is 223 Å². The van der Waals surface area contributed by atoms with Gasteiger partial charge in [0.15, 0.2) is 0 Å². The van der Waals surface area contributed by atoms with Crippen LogP contribution < -0.4 is 9.91 Å². The molecule has 0 saturated carbocycles. The Balaban J connectivity index is 1.34. The topological polar surface area (TPSA) is 65.5 Å². The summed E-state index contributed by atoms with van der Waals surface area (Å²) in [4.78, 5) is 31.4. The van der Waals surface area contributed by atoms with E-state index in [1.807, 2.05) is 13.0 Å². The summed E-state index contributed by atoms with van der Waals surface area (Å²) in [6.45, 7) is 7.50. The molecule has 3 aromatic carbocycles. The van der Waals surface area contributed by atoms with Gasteiger partial charge in [-0.15, -0.1) is 0 Å². The minimum Gasteiger partial charge on any atom is -0.462 e. The zero-order valence-electron chi connectivity index (χ0n) is 21.8. The smallest absolute Gasteiger partial charge is 0.338 e. The number of rotatable bonds is 5. The van der Waals surface area contributed by atoms with E-state index in [0.717, 1.165) is 31.9 Å². The molecule has 0 radical (unpaired) electrons. The molecule has 0 N–H and O–H groups in total. The van der Waals surface area contributed by atoms with Gasteiger partial charge in [0.05, 0.1) is 29.6 Å². The van der Waals surface area contributed by atoms with Crippen LogP contribution in [-0.2, 0) is 22.5 Å². The zero-order chi connectivity index (χ0) is 26.3. The molecule has 2 unspecified atom stereocenters. The fraction of sp³-hybridized carbons (Fsp3) is 0.323. The van der Waals surface area contributed by atoms with Crippen molar-refractivity contribution in [2.24, 2.45) is 10.5 Å². The summed E-state index contributed by atoms with van der Waals surface area (Å²) in [6.07, 6.45) is 0.620. The van der Waals surface area contributed by atoms with Crippen molar-refractivity contribution in [2.75, 3.05) is 36.1 Å². The molecular formula is C31H32N4O3. The third kappa shape index (κ3) is 3.98. The molecule has 1 spiro atoms. The number of hydrazone groups is 1. The van der Waals surface area contributed by atoms with Gasteiger partial charge >= 0.3 is 5.97 Å². The normalized spacial score (nSPS) is 22.7. The van der Waals surface area contributed by atoms with E-state index in [0.29, 0.717) is 24.3 Å². The van der Waals surface area contributed by atoms with Crippen molar-refractivity contribution in [3.05, 3.63) is 95.6 Å². The summed E-state index contributed by atoms with van der Waals surface area (Å²) in [5.41, 5.74) is 4.87. The van der Waals surface area contributed by atoms with E-state index in [4.69, 9.17) is 9.84 Å². The number of para-hydroxylation sites is 1. The average Bonchev–Trinajstić information content (AvgIpc) is 3.19. The van der Waals surface area contributed by atoms with E-state index >= 15 is 0 Å². The van der Waals surface area contributed by atoms with E-state index in [2.05, 4.69) is 58.3 Å². The van der Waals surface area contributed by atoms with Crippen LogP contribution in [0.1, 0.15) is 35.3 Å². The zero-order valence-corrected chi connectivity index (χ0v) is 21.8. The first-order valence-corrected chi connectivity index (χ1v) is 13.3. The monoisotopic (exact) mass is 508 g/mol. The number of ether oxygens (including phenoxy) is 1. The summed E-state index contributed by atoms with van der Waals surface area (Å²) >= 11 is 0. The standard InChI is InChI=1S/C31H32N4O3/c1-3-38-29(36)24-13-15-26(16-14-24)35-30(37)31(22(2)32-35)19-25-11-7-8-12-27(25)34-18-17-33(21-28(31)34)20-23-9-5-4-6-10-23/h4-16,28H,3,17-21H2,1-2H3. The van der Waals surface area contributed by atoms with Crippen LogP contribution in [0, 0.1) is 5.41 Å². The first-order chi connectivity index (χ1) is 18.5. The third-order valence-corrected chi connectivity index (χ3v) is 8.15. The molecule has 1 fully saturated rings. The Morgan fingerprint density at radius 3 is 2.50 bits per heavy atom. The summed E-state index contributed by atoms with van der Waals surface area (Å²) in [5, 5.41) is 6.37. The number of benzene rings is 3. The number of hydrogen-bond acceptors (Lipinski definition) is 6. The molecule has 0 aromatic heterocycles. The Hall–Kier alpha value is -3.97. The second kappa shape index (κ2) is 9.72. The molecular weight excluding hydrogens is 476 g/mol. The van der Waals surface area contributed by atoms with Gasteiger partial charge < -0.3 is 9.64 Å². The highest BCUT2D eigenvalue weighted by molar-refractivity contribution is 6.20. The van der Waals surface area contributed by atoms with Crippen molar-refractivity contribution in [3.8, 4) is 0 Å². The SMILES string of the molecule is CCOC(=O)c1ccc(N2N=C(C)C3(Cc4ccccc4N4CCN(Cc5ccccc5)CC43)C2=O)cc1. The maximum absolute atomic E-state index is 14.4. The van der Waals surface area contributed by atoms with Gasteiger partial charge in [0.25, 0.3) is 5.91 Å². The second-order valence-electron chi connectivity index (χ2n) is 10.3. The molecule has 194 valence electrons. The van der Waals surface area contributed by atoms with Crippen molar-refractivity contribution in [3.63, 3.8) is 0 Å². The number of fused-ring (bicyclic) bond motifs is 4. The molecule has 3 heterocycles. The number of esters is 1. The van der Waals surface area contributed by atoms with Gasteiger partial charge in [0, 0.05) is 31.9 Å². The number of anilines is 2. The molecule has 0 aliphatic carbocycles. The lowest BCUT2D eigenvalue weighted by Gasteiger charge is -2.53. The molecule has 3 aliphatic heterocycles. The van der Waals surface area contributed by atoms with Crippen molar-refractivity contribution < 1.29 is 14.3 Å². The lowest BCUT2D eigenvalue weighted by molar-refractivity contribution is -0.125. The second-order valence-corrected chi connectivity index (χ2v) is 10.3. The molecule has 2 atom stereocenters. The van der Waals surface area contributed by atoms with Crippen LogP contribution in [0.4, 0.5) is 11.4 Å². The summed E-state index contributed by atoms with van der Waals surface area (Å²) < 4.78 is 5.11. The van der Waals surface area contributed by atoms with Crippen LogP contribution in [0.5, 0.6) is 0 Å². The van der Waals surface area contributed by atoms with Crippen LogP contribution in [0.15, 0.2) is 84.0 Å². The molecule has 38 heavy (non-hydrogen) atoms. The van der Waals surface area contributed by atoms with Crippen molar-refractivity contribution >= 4 is 29.0 Å². The van der Waals surface area contributed by atoms with Gasteiger partial charge in [-0.3, -0.25) is 9.69 Å². The fourth-order valence-electron chi connectivity index (χ4n) is 6.24. The quantitative estimate of drug-likeness (QED) is 0.474. The average molecular weight is 509 g/mol. The van der Waals surface area contributed by atoms with Gasteiger partial charge in [-0.1, -0.05) is 48.5 Å². The minimum atomic E-state index is -0.760. The number of nitrogens with zero attached hydrogens (tertiary/aromatic N) is 4. The highest BCUT2D eigenvalue weighted by atomic mass is 16.5. The Morgan fingerprint density at radius 1 is 1.00 bits per heavy atom. The van der Waals surface area contributed by atoms with Crippen LogP contribution in [0.2, 0.25) is 0 Å². The molecule has 0 bridgehead atoms. The van der Waals surface area contributed by atoms with E-state index in [1.165, 1.54) is 21.8 Å². The fourth-order valence-corrected chi connectivity index (χ4v) is 6.24. The third-order valence-electron chi connectivity index (χ3n) is 8.15. The highest BCUT2D eigenvalue weighted by Crippen LogP contribution is 2.48. The lowest BCUT2D eigenvalue weighted by Crippen LogP contribution is -2.66. The van der Waals surface area contributed by atoms with E-state index < -0.39 is 5.41 Å². The number of piperazine rings is 1. The highest BCUT2D eigenvalue weighted by Gasteiger charge is 2.59. The lowest BCUT2D eigenvalue weighted by atomic mass is 9.67. The van der Waals surface area contributed by atoms with E-state index in [9.17, 15) is 9.59 Å². The summed E-state index contributed by atoms with van der Waals surface area (Å²) in [6, 6.07) is 25.9. The van der Waals surface area contributed by atoms with E-state index in [-0.39, 0.29) is 17.9 Å². The minimum absolute atomic E-state index is 0.00931. The maximum Gasteiger partial charge on any atom is 0.338 e. The summed E-state index contributed by atoms with van der Waals surface area (Å²) in [7, 11) is 0. The number of carbonyl (C=O) groups excluding carboxylic acids is 2. The molecule has 6 rings (SSSR count). The first kappa shape index (κ1) is 24.4. The molecule has 7 nitrogen and oxygen atoms in total. The maximum atomic E-state index is 14.4. The first-order valence-electron chi connectivity index (χ1n) is 13.3. The Morgan fingerprint density at radius 2 is 1.74 bits per heavy atom. The number of amides is 1. The van der Waals surface area contributed by atoms with Gasteiger partial charge in [0.1, 0.15) is 5.41 Å². The van der Waals surface area contributed by atoms with Gasteiger partial charge in [-0.05, 0) is 61.7 Å². The predicted molar refractivity (Wildman–Crippen MR) is 148 cm³/mol. The summed E-state index contributed by atoms with van der Waals surface area (Å²) in [5.74, 6) is -0.381. The Kier molecular flexibility index (Phi) is 6.24. The van der Waals surface area contributed by atoms with Gasteiger partial charge in [-0.2, -0.15) is 10.1 Å². The largest absolute Gasteiger partial charge is 0.462 e. The molecule has 7 heteroatoms. The Bertz CT molecular complexity index is 1390. The number of carbonyl (C=O) groups is 2. The van der Waals surface area contributed by atoms with Gasteiger partial charge in [0.2, 0.25) is 0 Å². The van der Waals surface area contributed by atoms with Crippen LogP contribution in [0.25, 0.3) is 0 Å². The molecule has 3 aliphatic rings. The number of hydrogen-bond donors (Lipinski definition) is 0. The van der Waals surface area contributed by atoms with Crippen molar-refractivity contribution in [1.82, 2.24) is 4.90 Å². The molecule has 1 saturated heterocycles. The van der Waals surface area contributed by atoms with Crippen LogP contribution in [-0.4, -0.2) is 54.8 Å². The van der Waals surface area contributed by atoms with Crippen molar-refractivity contribution in [2.45, 2.75) is 32.9 Å². The van der Waals surface area contributed by atoms with Crippen LogP contribution in [0.3, 0.4) is 0 Å². The molecule has 3 aromatic rings. The van der Waals surface area contributed by atoms with Crippen LogP contribution >= 0.6 is 0 Å². The molecule has 1 amide bonds. The van der Waals surface area contributed by atoms with Gasteiger partial charge in [-0.25, -0.2) is 4.79 Å². The predicted octanol–water partition coefficient (Wildman–Crippen LogP) is 4.52. The van der Waals surface area contributed by atoms with E-state index in [1.54, 1.807) is 31.2 Å². The van der Waals surface area contributed by atoms with Crippen molar-refractivity contribution in [1.29, 1.82) is 0 Å².